The van der Waals surface area contributed by atoms with E-state index in [4.69, 9.17) is 0 Å². The van der Waals surface area contributed by atoms with Gasteiger partial charge in [-0.15, -0.1) is 0 Å². The van der Waals surface area contributed by atoms with Crippen LogP contribution in [0.25, 0.3) is 144 Å². The maximum absolute atomic E-state index is 17.2. The van der Waals surface area contributed by atoms with Gasteiger partial charge in [0, 0.05) is 44.0 Å². The molecule has 0 aliphatic heterocycles. The Hall–Kier alpha value is -12.9. The minimum absolute atomic E-state index is 0.317. The summed E-state index contributed by atoms with van der Waals surface area (Å²) in [6.07, 6.45) is 0. The Kier molecular flexibility index (Phi) is 18.5. The number of aromatic nitrogens is 2. The fourth-order valence-corrected chi connectivity index (χ4v) is 14.0. The maximum atomic E-state index is 17.2. The SMILES string of the molecule is Cc1c(F)c(F)c(-c2c(F)c(F)c(F)c(-c3ccc4c(c3)c3cc(-c5c(F)c(F)c(F)c(-c6c(F)c(F)c(F)c(F)c6F)c5F)ccc3n4-c3cccc(-n4c5ccc(-c6c(F)c(C)c(F)c(-c7c(F)c(F)c(F)c(F)c7F)c6F)cc5c5cc(-c6c(F)c(F)c(F)c(-c7c(F)c(F)c(F)c(F)c7F)c6F)ccc54)c3)c2F)c(F)c1F. The molecule has 0 amide bonds. The molecule has 36 heteroatoms. The fourth-order valence-electron chi connectivity index (χ4n) is 14.0. The van der Waals surface area contributed by atoms with Crippen molar-refractivity contribution in [3.8, 4) is 100 Å². The van der Waals surface area contributed by atoms with Crippen LogP contribution in [-0.4, -0.2) is 9.13 Å². The summed E-state index contributed by atoms with van der Waals surface area (Å²) in [4.78, 5) is 0. The highest BCUT2D eigenvalue weighted by Gasteiger charge is 2.41. The summed E-state index contributed by atoms with van der Waals surface area (Å²) in [5.41, 5.74) is -35.5. The Morgan fingerprint density at radius 3 is 0.560 bits per heavy atom. The van der Waals surface area contributed by atoms with E-state index in [-0.39, 0.29) is 11.4 Å². The lowest BCUT2D eigenvalue weighted by molar-refractivity contribution is 0.379. The zero-order valence-corrected chi connectivity index (χ0v) is 56.0. The van der Waals surface area contributed by atoms with Crippen LogP contribution in [0.15, 0.2) is 97.1 Å². The minimum atomic E-state index is -2.95. The number of rotatable bonds is 10. The third-order valence-corrected chi connectivity index (χ3v) is 19.5. The molecule has 0 N–H and O–H groups in total. The van der Waals surface area contributed by atoms with Crippen molar-refractivity contribution < 1.29 is 149 Å². The van der Waals surface area contributed by atoms with E-state index in [1.54, 1.807) is 0 Å². The van der Waals surface area contributed by atoms with Crippen molar-refractivity contribution in [2.75, 3.05) is 0 Å². The molecule has 0 radical (unpaired) electrons. The summed E-state index contributed by atoms with van der Waals surface area (Å²) in [5.74, 6) is -92.5. The average molecular weight is 1660 g/mol. The molecule has 0 bridgehead atoms. The fraction of sp³-hybridized carbons (Fsp3) is 0.0250. The molecule has 0 spiro atoms. The lowest BCUT2D eigenvalue weighted by Crippen LogP contribution is -2.09. The van der Waals surface area contributed by atoms with Crippen LogP contribution < -0.4 is 0 Å². The van der Waals surface area contributed by atoms with E-state index in [0.717, 1.165) is 57.7 Å². The highest BCUT2D eigenvalue weighted by molar-refractivity contribution is 6.14. The summed E-state index contributed by atoms with van der Waals surface area (Å²) in [7, 11) is 0. The van der Waals surface area contributed by atoms with Gasteiger partial charge in [-0.2, -0.15) is 0 Å². The molecule has 2 aromatic heterocycles. The topological polar surface area (TPSA) is 9.86 Å². The molecule has 0 unspecified atom stereocenters. The molecular formula is C80H22F34N2. The summed E-state index contributed by atoms with van der Waals surface area (Å²) in [5, 5.41) is -2.47. The summed E-state index contributed by atoms with van der Waals surface area (Å²) >= 11 is 0. The van der Waals surface area contributed by atoms with Gasteiger partial charge in [0.05, 0.1) is 88.8 Å². The number of hydrogen-bond donors (Lipinski definition) is 0. The molecule has 0 aliphatic carbocycles. The zero-order chi connectivity index (χ0) is 84.3. The van der Waals surface area contributed by atoms with Gasteiger partial charge >= 0.3 is 0 Å². The van der Waals surface area contributed by atoms with Gasteiger partial charge < -0.3 is 9.13 Å². The molecule has 2 heterocycles. The normalized spacial score (nSPS) is 12.0. The highest BCUT2D eigenvalue weighted by atomic mass is 19.2. The molecule has 13 aromatic carbocycles. The molecule has 15 rings (SSSR count). The molecule has 15 aromatic rings. The molecule has 590 valence electrons. The van der Waals surface area contributed by atoms with Gasteiger partial charge in [0.25, 0.3) is 0 Å². The van der Waals surface area contributed by atoms with Gasteiger partial charge in [0.15, 0.2) is 145 Å². The van der Waals surface area contributed by atoms with Crippen molar-refractivity contribution >= 4 is 43.6 Å². The maximum Gasteiger partial charge on any atom is 0.200 e. The van der Waals surface area contributed by atoms with Crippen LogP contribution in [0.1, 0.15) is 11.1 Å². The molecular weight excluding hydrogens is 1630 g/mol. The van der Waals surface area contributed by atoms with Crippen molar-refractivity contribution in [3.05, 3.63) is 306 Å². The van der Waals surface area contributed by atoms with Gasteiger partial charge in [-0.3, -0.25) is 0 Å². The summed E-state index contributed by atoms with van der Waals surface area (Å²) < 4.78 is 532. The third-order valence-electron chi connectivity index (χ3n) is 19.5. The zero-order valence-electron chi connectivity index (χ0n) is 56.0. The van der Waals surface area contributed by atoms with Gasteiger partial charge in [0.2, 0.25) is 17.5 Å². The summed E-state index contributed by atoms with van der Waals surface area (Å²) in [6.45, 7) is 0.943. The van der Waals surface area contributed by atoms with Crippen LogP contribution in [0.3, 0.4) is 0 Å². The molecule has 116 heavy (non-hydrogen) atoms. The lowest BCUT2D eigenvalue weighted by atomic mass is 9.92. The number of hydrogen-bond acceptors (Lipinski definition) is 0. The number of benzene rings is 13. The van der Waals surface area contributed by atoms with Crippen LogP contribution in [0.5, 0.6) is 0 Å². The van der Waals surface area contributed by atoms with E-state index in [9.17, 15) is 39.5 Å². The predicted molar refractivity (Wildman–Crippen MR) is 347 cm³/mol. The van der Waals surface area contributed by atoms with Crippen molar-refractivity contribution in [2.24, 2.45) is 0 Å². The standard InChI is InChI=1S/C80H22F34N2/c1-19-47(81)35(51(85)39(48(19)82)43-63(97)72(106)78(112)73(107)64(43)98)21-6-10-31-27(14-21)28-15-23(37-53(87)41(61(95)70(104)56(37)90)45-65(99)74(108)79(113)75(109)66(45)100)8-11-32(28)115(31)25-4-3-5-26(18-25)116-33-12-7-22(36-52(86)40(60(94)69(103)55(36)89)44-58(92)49(83)20(2)50(84)59(44)93)16-29(33)30-17-24(9-13-34(30)116)38-54(88)42(62(96)71(105)57(38)91)46-67(101)76(110)80(114)77(111)68(46)102/h3-18H,1-2H3. The number of fused-ring (bicyclic) bond motifs is 6. The minimum Gasteiger partial charge on any atom is -0.309 e. The summed E-state index contributed by atoms with van der Waals surface area (Å²) in [6, 6.07) is 12.6. The van der Waals surface area contributed by atoms with Crippen molar-refractivity contribution in [1.82, 2.24) is 9.13 Å². The second-order valence-electron chi connectivity index (χ2n) is 25.5. The van der Waals surface area contributed by atoms with E-state index in [1.807, 2.05) is 0 Å². The van der Waals surface area contributed by atoms with E-state index in [2.05, 4.69) is 0 Å². The quantitative estimate of drug-likeness (QED) is 0.0734. The largest absolute Gasteiger partial charge is 0.309 e. The van der Waals surface area contributed by atoms with Crippen LogP contribution >= 0.6 is 0 Å². The molecule has 2 nitrogen and oxygen atoms in total. The van der Waals surface area contributed by atoms with E-state index < -0.39 is 342 Å². The van der Waals surface area contributed by atoms with Gasteiger partial charge in [0.1, 0.15) is 34.9 Å². The Morgan fingerprint density at radius 2 is 0.319 bits per heavy atom. The van der Waals surface area contributed by atoms with Gasteiger partial charge in [-0.1, -0.05) is 30.3 Å². The highest BCUT2D eigenvalue weighted by Crippen LogP contribution is 2.51. The Labute approximate surface area is 620 Å². The van der Waals surface area contributed by atoms with Crippen molar-refractivity contribution in [1.29, 1.82) is 0 Å². The number of nitrogens with zero attached hydrogens (tertiary/aromatic N) is 2. The van der Waals surface area contributed by atoms with Gasteiger partial charge in [-0.25, -0.2) is 149 Å². The van der Waals surface area contributed by atoms with Crippen LogP contribution in [0.4, 0.5) is 149 Å². The first kappa shape index (κ1) is 78.4. The predicted octanol–water partition coefficient (Wildman–Crippen LogP) is 26.6. The third kappa shape index (κ3) is 10.9. The monoisotopic (exact) mass is 1660 g/mol. The lowest BCUT2D eigenvalue weighted by Gasteiger charge is -2.17. The van der Waals surface area contributed by atoms with Crippen molar-refractivity contribution in [2.45, 2.75) is 13.8 Å². The van der Waals surface area contributed by atoms with Crippen molar-refractivity contribution in [3.63, 3.8) is 0 Å². The molecule has 0 atom stereocenters. The van der Waals surface area contributed by atoms with Gasteiger partial charge in [-0.05, 0) is 103 Å². The molecule has 0 fully saturated rings. The Bertz CT molecular complexity index is 6120. The molecule has 0 aliphatic rings. The second-order valence-corrected chi connectivity index (χ2v) is 25.5. The number of halogens is 34. The first-order valence-corrected chi connectivity index (χ1v) is 32.0. The smallest absolute Gasteiger partial charge is 0.200 e. The second kappa shape index (κ2) is 27.4. The molecule has 0 saturated heterocycles. The van der Waals surface area contributed by atoms with Crippen LogP contribution in [-0.2, 0) is 0 Å². The van der Waals surface area contributed by atoms with Crippen LogP contribution in [0.2, 0.25) is 0 Å². The Balaban J connectivity index is 1.01. The van der Waals surface area contributed by atoms with E-state index in [0.29, 0.717) is 62.4 Å². The van der Waals surface area contributed by atoms with E-state index in [1.165, 1.54) is 0 Å². The van der Waals surface area contributed by atoms with Crippen LogP contribution in [0, 0.1) is 212 Å². The average Bonchev–Trinajstić information content (AvgIpc) is 1.52. The first-order valence-electron chi connectivity index (χ1n) is 32.0. The Morgan fingerprint density at radius 1 is 0.155 bits per heavy atom. The first-order chi connectivity index (χ1) is 54.6. The molecule has 0 saturated carbocycles. The van der Waals surface area contributed by atoms with E-state index >= 15 is 110 Å².